The molecule has 268 valence electrons. The van der Waals surface area contributed by atoms with Crippen molar-refractivity contribution < 1.29 is 0 Å². The first-order valence-electron chi connectivity index (χ1n) is 20.8. The number of anilines is 3. The van der Waals surface area contributed by atoms with Crippen LogP contribution in [0.1, 0.15) is 91.3 Å². The smallest absolute Gasteiger partial charge is 0.0543 e. The lowest BCUT2D eigenvalue weighted by Gasteiger charge is -2.57. The van der Waals surface area contributed by atoms with E-state index in [2.05, 4.69) is 152 Å². The van der Waals surface area contributed by atoms with E-state index in [9.17, 15) is 0 Å². The van der Waals surface area contributed by atoms with Crippen LogP contribution in [0.15, 0.2) is 133 Å². The molecule has 6 aromatic carbocycles. The van der Waals surface area contributed by atoms with Gasteiger partial charge in [0.1, 0.15) is 0 Å². The molecule has 0 unspecified atom stereocenters. The quantitative estimate of drug-likeness (QED) is 0.173. The standard InChI is InChI=1S/C53H51N/c1-52(2)48-11-7-6-10-45(48)47-30-46(41-8-4-3-5-9-41)51(31-49(47)52)54(50-29-37-17-16-35-12-14-36(15-13-35)18-20-42(50)21-19-37)44-24-22-43(23-25-44)53-32-38-26-39(33-53)28-40(27-38)34-53/h3-15,19,21-25,29-31,38-40H,16-18,20,26-28,32-34H2,1-2H3. The summed E-state index contributed by atoms with van der Waals surface area (Å²) in [6, 6.07) is 52.2. The molecule has 0 heterocycles. The number of fused-ring (bicyclic) bond motifs is 3. The van der Waals surface area contributed by atoms with Gasteiger partial charge in [-0.1, -0.05) is 117 Å². The Morgan fingerprint density at radius 3 is 1.80 bits per heavy atom. The summed E-state index contributed by atoms with van der Waals surface area (Å²) >= 11 is 0. The van der Waals surface area contributed by atoms with Crippen molar-refractivity contribution >= 4 is 17.1 Å². The highest BCUT2D eigenvalue weighted by Gasteiger charge is 2.51. The Morgan fingerprint density at radius 1 is 0.481 bits per heavy atom. The van der Waals surface area contributed by atoms with Crippen LogP contribution < -0.4 is 4.90 Å². The maximum absolute atomic E-state index is 2.66. The third-order valence-corrected chi connectivity index (χ3v) is 14.6. The van der Waals surface area contributed by atoms with Crippen molar-refractivity contribution in [2.75, 3.05) is 4.90 Å². The van der Waals surface area contributed by atoms with Crippen molar-refractivity contribution in [2.45, 2.75) is 88.9 Å². The first-order valence-corrected chi connectivity index (χ1v) is 20.8. The third kappa shape index (κ3) is 5.25. The number of rotatable bonds is 5. The van der Waals surface area contributed by atoms with E-state index in [1.54, 1.807) is 5.56 Å². The fraction of sp³-hybridized carbons (Fsp3) is 0.321. The molecule has 8 bridgehead atoms. The van der Waals surface area contributed by atoms with E-state index in [1.165, 1.54) is 111 Å². The van der Waals surface area contributed by atoms with E-state index in [-0.39, 0.29) is 5.41 Å². The van der Waals surface area contributed by atoms with Crippen LogP contribution in [0.2, 0.25) is 0 Å². The zero-order chi connectivity index (χ0) is 36.0. The molecule has 15 rings (SSSR count). The fourth-order valence-electron chi connectivity index (χ4n) is 12.2. The molecule has 9 aliphatic carbocycles. The molecule has 9 aliphatic rings. The molecule has 1 heteroatoms. The predicted molar refractivity (Wildman–Crippen MR) is 225 cm³/mol. The van der Waals surface area contributed by atoms with E-state index in [4.69, 9.17) is 0 Å². The first-order chi connectivity index (χ1) is 26.4. The van der Waals surface area contributed by atoms with Crippen LogP contribution in [0.4, 0.5) is 17.1 Å². The normalized spacial score (nSPS) is 24.1. The monoisotopic (exact) mass is 701 g/mol. The van der Waals surface area contributed by atoms with Crippen LogP contribution in [0, 0.1) is 17.8 Å². The molecule has 0 spiro atoms. The molecule has 4 fully saturated rings. The molecule has 0 aromatic heterocycles. The number of hydrogen-bond acceptors (Lipinski definition) is 1. The average Bonchev–Trinajstić information content (AvgIpc) is 3.41. The number of aryl methyl sites for hydroxylation is 4. The largest absolute Gasteiger partial charge is 0.310 e. The van der Waals surface area contributed by atoms with Crippen molar-refractivity contribution in [3.63, 3.8) is 0 Å². The minimum atomic E-state index is -0.0998. The lowest BCUT2D eigenvalue weighted by atomic mass is 9.48. The molecule has 0 N–H and O–H groups in total. The molecule has 0 amide bonds. The zero-order valence-electron chi connectivity index (χ0n) is 32.0. The Kier molecular flexibility index (Phi) is 7.43. The van der Waals surface area contributed by atoms with Gasteiger partial charge in [-0.05, 0) is 173 Å². The van der Waals surface area contributed by atoms with E-state index in [0.29, 0.717) is 5.41 Å². The summed E-state index contributed by atoms with van der Waals surface area (Å²) in [5.74, 6) is 2.81. The van der Waals surface area contributed by atoms with Crippen LogP contribution in [0.25, 0.3) is 22.3 Å². The molecule has 4 saturated carbocycles. The number of benzene rings is 6. The minimum Gasteiger partial charge on any atom is -0.310 e. The molecular formula is C53H51N. The topological polar surface area (TPSA) is 3.24 Å². The van der Waals surface area contributed by atoms with Crippen LogP contribution in [0.5, 0.6) is 0 Å². The Hall–Kier alpha value is -4.88. The zero-order valence-corrected chi connectivity index (χ0v) is 32.0. The predicted octanol–water partition coefficient (Wildman–Crippen LogP) is 13.5. The van der Waals surface area contributed by atoms with Crippen molar-refractivity contribution in [2.24, 2.45) is 17.8 Å². The maximum atomic E-state index is 2.66. The Bertz CT molecular complexity index is 2340. The highest BCUT2D eigenvalue weighted by atomic mass is 15.1. The Labute approximate surface area is 322 Å². The Morgan fingerprint density at radius 2 is 1.09 bits per heavy atom. The molecule has 6 aromatic rings. The second-order valence-electron chi connectivity index (χ2n) is 18.3. The molecule has 0 atom stereocenters. The van der Waals surface area contributed by atoms with Gasteiger partial charge in [0.15, 0.2) is 0 Å². The van der Waals surface area contributed by atoms with Gasteiger partial charge in [-0.3, -0.25) is 0 Å². The fourth-order valence-corrected chi connectivity index (χ4v) is 12.2. The second kappa shape index (κ2) is 12.3. The van der Waals surface area contributed by atoms with Crippen molar-refractivity contribution in [3.05, 3.63) is 172 Å². The summed E-state index contributed by atoms with van der Waals surface area (Å²) in [6.07, 6.45) is 12.7. The summed E-state index contributed by atoms with van der Waals surface area (Å²) in [5, 5.41) is 0. The molecule has 0 aliphatic heterocycles. The van der Waals surface area contributed by atoms with Gasteiger partial charge in [-0.25, -0.2) is 0 Å². The molecule has 0 radical (unpaired) electrons. The lowest BCUT2D eigenvalue weighted by molar-refractivity contribution is -0.00518. The van der Waals surface area contributed by atoms with Gasteiger partial charge in [0.05, 0.1) is 5.69 Å². The molecule has 0 saturated heterocycles. The maximum Gasteiger partial charge on any atom is 0.0543 e. The summed E-state index contributed by atoms with van der Waals surface area (Å²) in [5.41, 5.74) is 19.5. The van der Waals surface area contributed by atoms with Gasteiger partial charge >= 0.3 is 0 Å². The van der Waals surface area contributed by atoms with Crippen molar-refractivity contribution in [3.8, 4) is 22.3 Å². The van der Waals surface area contributed by atoms with E-state index in [0.717, 1.165) is 43.4 Å². The summed E-state index contributed by atoms with van der Waals surface area (Å²) in [7, 11) is 0. The molecule has 1 nitrogen and oxygen atoms in total. The van der Waals surface area contributed by atoms with E-state index >= 15 is 0 Å². The van der Waals surface area contributed by atoms with E-state index < -0.39 is 0 Å². The van der Waals surface area contributed by atoms with Gasteiger partial charge in [0.2, 0.25) is 0 Å². The summed E-state index contributed by atoms with van der Waals surface area (Å²) in [6.45, 7) is 4.84. The highest BCUT2D eigenvalue weighted by Crippen LogP contribution is 2.61. The number of hydrogen-bond donors (Lipinski definition) is 0. The minimum absolute atomic E-state index is 0.0998. The van der Waals surface area contributed by atoms with Gasteiger partial charge in [-0.15, -0.1) is 0 Å². The van der Waals surface area contributed by atoms with Gasteiger partial charge in [0, 0.05) is 22.4 Å². The summed E-state index contributed by atoms with van der Waals surface area (Å²) in [4.78, 5) is 2.66. The van der Waals surface area contributed by atoms with Gasteiger partial charge < -0.3 is 4.90 Å². The highest BCUT2D eigenvalue weighted by molar-refractivity contribution is 5.95. The molecule has 54 heavy (non-hydrogen) atoms. The third-order valence-electron chi connectivity index (χ3n) is 14.6. The Balaban J connectivity index is 1.12. The molecular weight excluding hydrogens is 651 g/mol. The second-order valence-corrected chi connectivity index (χ2v) is 18.3. The van der Waals surface area contributed by atoms with Gasteiger partial charge in [0.25, 0.3) is 0 Å². The number of nitrogens with zero attached hydrogens (tertiary/aromatic N) is 1. The van der Waals surface area contributed by atoms with Crippen LogP contribution in [-0.2, 0) is 36.5 Å². The summed E-state index contributed by atoms with van der Waals surface area (Å²) < 4.78 is 0. The van der Waals surface area contributed by atoms with Crippen LogP contribution in [-0.4, -0.2) is 0 Å². The van der Waals surface area contributed by atoms with Crippen LogP contribution in [0.3, 0.4) is 0 Å². The van der Waals surface area contributed by atoms with Crippen molar-refractivity contribution in [1.29, 1.82) is 0 Å². The van der Waals surface area contributed by atoms with Crippen LogP contribution >= 0.6 is 0 Å². The SMILES string of the molecule is CC1(C)c2ccccc2-c2cc(-c3ccccc3)c(N(c3ccc(C45CC6CC(CC(C6)C4)C5)cc3)c3cc4ccc3CCc3ccc(cc3)CC4)cc21. The lowest BCUT2D eigenvalue weighted by Crippen LogP contribution is -2.48. The first kappa shape index (κ1) is 32.5. The average molecular weight is 702 g/mol. The van der Waals surface area contributed by atoms with Crippen molar-refractivity contribution in [1.82, 2.24) is 0 Å². The van der Waals surface area contributed by atoms with Gasteiger partial charge in [-0.2, -0.15) is 0 Å². The van der Waals surface area contributed by atoms with E-state index in [1.807, 2.05) is 0 Å².